The Labute approximate surface area is 223 Å². The number of primary amides is 1. The summed E-state index contributed by atoms with van der Waals surface area (Å²) in [5, 5.41) is 3.75. The maximum Gasteiger partial charge on any atom is 0.314 e. The molecule has 2 fully saturated rings. The third kappa shape index (κ3) is 5.22. The molecule has 5 rings (SSSR count). The number of benzene rings is 1. The van der Waals surface area contributed by atoms with Gasteiger partial charge in [-0.25, -0.2) is 4.79 Å². The molecule has 1 aromatic carbocycles. The minimum absolute atomic E-state index is 0.280. The van der Waals surface area contributed by atoms with Gasteiger partial charge >= 0.3 is 6.03 Å². The largest absolute Gasteiger partial charge is 0.383 e. The summed E-state index contributed by atoms with van der Waals surface area (Å²) in [4.78, 5) is 28.3. The first-order chi connectivity index (χ1) is 17.3. The van der Waals surface area contributed by atoms with E-state index in [0.717, 1.165) is 56.1 Å². The summed E-state index contributed by atoms with van der Waals surface area (Å²) in [5.74, 6) is 1.59. The van der Waals surface area contributed by atoms with Crippen molar-refractivity contribution in [2.75, 3.05) is 26.2 Å². The van der Waals surface area contributed by atoms with Crippen LogP contribution in [0.25, 0.3) is 0 Å². The van der Waals surface area contributed by atoms with Crippen LogP contribution in [0, 0.1) is 25.7 Å². The van der Waals surface area contributed by atoms with E-state index < -0.39 is 0 Å². The number of nitrogens with zero attached hydrogens (tertiary/aromatic N) is 2. The number of allylic oxidation sites excluding steroid dienone is 2. The summed E-state index contributed by atoms with van der Waals surface area (Å²) in [5.41, 5.74) is 12.7. The number of dihydropyridines is 1. The van der Waals surface area contributed by atoms with Crippen molar-refractivity contribution in [3.8, 4) is 0 Å². The predicted octanol–water partition coefficient (Wildman–Crippen LogP) is 4.89. The zero-order valence-corrected chi connectivity index (χ0v) is 23.1. The first-order valence-electron chi connectivity index (χ1n) is 13.5. The third-order valence-corrected chi connectivity index (χ3v) is 9.36. The van der Waals surface area contributed by atoms with Crippen molar-refractivity contribution in [2.45, 2.75) is 70.8 Å². The molecule has 0 aromatic heterocycles. The molecule has 6 nitrogen and oxygen atoms in total. The average Bonchev–Trinajstić information content (AvgIpc) is 3.01. The molecule has 3 N–H and O–H groups in total. The highest BCUT2D eigenvalue weighted by Crippen LogP contribution is 2.45. The van der Waals surface area contributed by atoms with Crippen LogP contribution in [0.3, 0.4) is 0 Å². The Bertz CT molecular complexity index is 1080. The van der Waals surface area contributed by atoms with E-state index in [1.807, 2.05) is 0 Å². The van der Waals surface area contributed by atoms with Gasteiger partial charge in [-0.2, -0.15) is 0 Å². The van der Waals surface area contributed by atoms with E-state index in [1.54, 1.807) is 10.5 Å². The molecular formula is C29H39BrN4O2. The number of amides is 3. The van der Waals surface area contributed by atoms with Gasteiger partial charge in [0.2, 0.25) is 5.91 Å². The van der Waals surface area contributed by atoms with Gasteiger partial charge in [-0.15, -0.1) is 0 Å². The lowest BCUT2D eigenvalue weighted by Gasteiger charge is -2.42. The molecule has 0 saturated carbocycles. The van der Waals surface area contributed by atoms with Crippen LogP contribution >= 0.6 is 15.9 Å². The lowest BCUT2D eigenvalue weighted by Crippen LogP contribution is -2.45. The first-order valence-corrected chi connectivity index (χ1v) is 14.3. The van der Waals surface area contributed by atoms with Crippen LogP contribution in [0.5, 0.6) is 0 Å². The maximum atomic E-state index is 13.2. The number of fused-ring (bicyclic) bond motifs is 2. The first kappa shape index (κ1) is 25.4. The van der Waals surface area contributed by atoms with E-state index in [0.29, 0.717) is 43.3 Å². The molecule has 2 saturated heterocycles. The molecule has 3 amide bonds. The molecule has 3 heterocycles. The molecule has 4 aliphatic rings. The summed E-state index contributed by atoms with van der Waals surface area (Å²) in [7, 11) is 0. The highest BCUT2D eigenvalue weighted by Gasteiger charge is 2.40. The van der Waals surface area contributed by atoms with Crippen molar-refractivity contribution in [3.63, 3.8) is 0 Å². The van der Waals surface area contributed by atoms with E-state index in [-0.39, 0.29) is 11.9 Å². The number of halogens is 1. The topological polar surface area (TPSA) is 78.7 Å². The van der Waals surface area contributed by atoms with E-state index in [2.05, 4.69) is 64.4 Å². The number of urea groups is 1. The lowest BCUT2D eigenvalue weighted by atomic mass is 9.72. The number of aryl methyl sites for hydroxylation is 3. The van der Waals surface area contributed by atoms with Gasteiger partial charge in [0.15, 0.2) is 0 Å². The quantitative estimate of drug-likeness (QED) is 0.558. The van der Waals surface area contributed by atoms with Crippen LogP contribution < -0.4 is 11.1 Å². The Hall–Kier alpha value is -2.28. The zero-order valence-electron chi connectivity index (χ0n) is 21.6. The van der Waals surface area contributed by atoms with Crippen molar-refractivity contribution in [2.24, 2.45) is 17.6 Å². The number of nitrogens with one attached hydrogen (secondary N) is 1. The van der Waals surface area contributed by atoms with Crippen molar-refractivity contribution in [1.29, 1.82) is 0 Å². The number of likely N-dealkylation sites (tertiary alicyclic amines) is 2. The lowest BCUT2D eigenvalue weighted by molar-refractivity contribution is -0.134. The number of hydrogen-bond acceptors (Lipinski definition) is 3. The average molecular weight is 556 g/mol. The monoisotopic (exact) mass is 554 g/mol. The summed E-state index contributed by atoms with van der Waals surface area (Å²) in [6.07, 6.45) is 11.0. The van der Waals surface area contributed by atoms with Crippen molar-refractivity contribution in [3.05, 3.63) is 56.7 Å². The minimum Gasteiger partial charge on any atom is -0.383 e. The molecule has 7 heteroatoms. The van der Waals surface area contributed by atoms with E-state index in [4.69, 9.17) is 5.73 Å². The van der Waals surface area contributed by atoms with Crippen LogP contribution in [0.15, 0.2) is 34.5 Å². The Morgan fingerprint density at radius 2 is 1.72 bits per heavy atom. The smallest absolute Gasteiger partial charge is 0.314 e. The van der Waals surface area contributed by atoms with Crippen molar-refractivity contribution in [1.82, 2.24) is 15.1 Å². The van der Waals surface area contributed by atoms with Gasteiger partial charge in [0, 0.05) is 49.2 Å². The van der Waals surface area contributed by atoms with Gasteiger partial charge in [0.1, 0.15) is 0 Å². The Kier molecular flexibility index (Phi) is 7.47. The van der Waals surface area contributed by atoms with Crippen LogP contribution in [0.4, 0.5) is 4.79 Å². The molecule has 0 bridgehead atoms. The molecule has 2 atom stereocenters. The summed E-state index contributed by atoms with van der Waals surface area (Å²) in [6.45, 7) is 7.51. The van der Waals surface area contributed by atoms with E-state index in [1.165, 1.54) is 22.3 Å². The highest BCUT2D eigenvalue weighted by molar-refractivity contribution is 9.11. The van der Waals surface area contributed by atoms with E-state index >= 15 is 0 Å². The van der Waals surface area contributed by atoms with Crippen molar-refractivity contribution >= 4 is 27.9 Å². The van der Waals surface area contributed by atoms with Gasteiger partial charge in [-0.1, -0.05) is 17.7 Å². The fourth-order valence-electron chi connectivity index (χ4n) is 7.09. The van der Waals surface area contributed by atoms with Gasteiger partial charge in [-0.3, -0.25) is 4.79 Å². The number of hydrogen-bond donors (Lipinski definition) is 2. The minimum atomic E-state index is -0.347. The second kappa shape index (κ2) is 10.6. The Morgan fingerprint density at radius 1 is 1.03 bits per heavy atom. The normalized spacial score (nSPS) is 25.2. The maximum absolute atomic E-state index is 13.2. The van der Waals surface area contributed by atoms with Gasteiger partial charge in [0.05, 0.1) is 6.04 Å². The third-order valence-electron chi connectivity index (χ3n) is 8.91. The predicted molar refractivity (Wildman–Crippen MR) is 147 cm³/mol. The van der Waals surface area contributed by atoms with E-state index in [9.17, 15) is 9.59 Å². The zero-order chi connectivity index (χ0) is 25.4. The number of carbonyl (C=O) groups excluding carboxylic acids is 2. The summed E-state index contributed by atoms with van der Waals surface area (Å²) in [6, 6.07) is 4.71. The second-order valence-electron chi connectivity index (χ2n) is 11.3. The SMILES string of the molecule is Cc1cc(C)c2c(c1)CCC1=CC(Br)=CNC1C2C1CCN(C(=O)CC2CCN(C(N)=O)CC2)CC1. The molecule has 194 valence electrons. The fraction of sp³-hybridized carbons (Fsp3) is 0.586. The van der Waals surface area contributed by atoms with Crippen LogP contribution in [0.2, 0.25) is 0 Å². The number of piperidine rings is 2. The summed E-state index contributed by atoms with van der Waals surface area (Å²) >= 11 is 3.68. The van der Waals surface area contributed by atoms with Crippen molar-refractivity contribution < 1.29 is 9.59 Å². The fourth-order valence-corrected chi connectivity index (χ4v) is 7.52. The molecule has 0 radical (unpaired) electrons. The Balaban J connectivity index is 1.28. The standard InChI is InChI=1S/C29H39BrN4O2/c1-18-13-19(2)26-22(14-18)3-4-23-16-24(30)17-32-28(23)27(26)21-7-11-33(12-8-21)25(35)15-20-5-9-34(10-6-20)29(31)36/h13-14,16-17,20-21,27-28,32H,3-12,15H2,1-2H3,(H2,31,36). The van der Waals surface area contributed by atoms with Gasteiger partial charge in [0.25, 0.3) is 0 Å². The molecule has 2 unspecified atom stereocenters. The summed E-state index contributed by atoms with van der Waals surface area (Å²) < 4.78 is 1.12. The molecule has 36 heavy (non-hydrogen) atoms. The van der Waals surface area contributed by atoms with Gasteiger partial charge in [-0.05, 0) is 108 Å². The highest BCUT2D eigenvalue weighted by atomic mass is 79.9. The van der Waals surface area contributed by atoms with Gasteiger partial charge < -0.3 is 20.9 Å². The van der Waals surface area contributed by atoms with Crippen LogP contribution in [-0.4, -0.2) is 54.0 Å². The number of nitrogens with two attached hydrogens (primary N) is 1. The second-order valence-corrected chi connectivity index (χ2v) is 12.2. The number of carbonyl (C=O) groups is 2. The molecule has 1 aromatic rings. The number of rotatable bonds is 3. The van der Waals surface area contributed by atoms with Crippen LogP contribution in [-0.2, 0) is 11.2 Å². The molecule has 1 aliphatic carbocycles. The Morgan fingerprint density at radius 3 is 2.42 bits per heavy atom. The van der Waals surface area contributed by atoms with Crippen LogP contribution in [0.1, 0.15) is 66.7 Å². The molecule has 3 aliphatic heterocycles. The molecule has 0 spiro atoms. The molecular weight excluding hydrogens is 516 g/mol.